The van der Waals surface area contributed by atoms with Crippen molar-refractivity contribution in [3.8, 4) is 0 Å². The van der Waals surface area contributed by atoms with Crippen molar-refractivity contribution in [2.75, 3.05) is 11.4 Å². The molecule has 2 aliphatic rings. The molecule has 23 heavy (non-hydrogen) atoms. The lowest BCUT2D eigenvalue weighted by Gasteiger charge is -2.33. The first kappa shape index (κ1) is 15.9. The third-order valence-electron chi connectivity index (χ3n) is 4.42. The number of benzene rings is 1. The number of hydrogen-bond acceptors (Lipinski definition) is 3. The van der Waals surface area contributed by atoms with Crippen LogP contribution in [-0.2, 0) is 16.0 Å². The summed E-state index contributed by atoms with van der Waals surface area (Å²) in [5, 5.41) is 12.6. The van der Waals surface area contributed by atoms with Crippen LogP contribution in [0.2, 0.25) is 0 Å². The molecule has 1 aromatic carbocycles. The van der Waals surface area contributed by atoms with Crippen LogP contribution in [-0.4, -0.2) is 35.6 Å². The first-order chi connectivity index (χ1) is 11.0. The Kier molecular flexibility index (Phi) is 4.35. The summed E-state index contributed by atoms with van der Waals surface area (Å²) in [4.78, 5) is 26.3. The van der Waals surface area contributed by atoms with E-state index in [1.807, 2.05) is 0 Å². The van der Waals surface area contributed by atoms with Crippen LogP contribution >= 0.6 is 0 Å². The summed E-state index contributed by atoms with van der Waals surface area (Å²) in [6.07, 6.45) is 2.11. The number of hydrogen-bond donors (Lipinski definition) is 2. The van der Waals surface area contributed by atoms with Crippen LogP contribution in [0.1, 0.15) is 31.7 Å². The van der Waals surface area contributed by atoms with E-state index in [-0.39, 0.29) is 23.5 Å². The molecule has 3 rings (SSSR count). The van der Waals surface area contributed by atoms with Crippen LogP contribution in [0.5, 0.6) is 0 Å². The molecular weight excluding hydrogens is 299 g/mol. The topological polar surface area (TPSA) is 69.6 Å². The number of fused-ring (bicyclic) bond motifs is 1. The number of carbonyl (C=O) groups excluding carboxylic acids is 2. The quantitative estimate of drug-likeness (QED) is 0.880. The van der Waals surface area contributed by atoms with Gasteiger partial charge in [-0.05, 0) is 56.4 Å². The molecule has 2 atom stereocenters. The highest BCUT2D eigenvalue weighted by molar-refractivity contribution is 6.00. The van der Waals surface area contributed by atoms with E-state index < -0.39 is 12.1 Å². The Morgan fingerprint density at radius 2 is 2.13 bits per heavy atom. The standard InChI is InChI=1S/C17H21FN2O3/c1-10(21)15(19-16(22)11-4-5-11)17(23)20-8-2-3-12-9-13(18)6-7-14(12)20/h6-7,9-11,15,21H,2-5,8H2,1H3,(H,19,22). The van der Waals surface area contributed by atoms with E-state index in [4.69, 9.17) is 0 Å². The van der Waals surface area contributed by atoms with Gasteiger partial charge in [-0.25, -0.2) is 4.39 Å². The average Bonchev–Trinajstić information content (AvgIpc) is 3.35. The largest absolute Gasteiger partial charge is 0.391 e. The molecule has 0 saturated heterocycles. The number of nitrogens with zero attached hydrogens (tertiary/aromatic N) is 1. The van der Waals surface area contributed by atoms with Crippen molar-refractivity contribution in [1.82, 2.24) is 5.32 Å². The number of aliphatic hydroxyl groups excluding tert-OH is 1. The van der Waals surface area contributed by atoms with Crippen LogP contribution in [0, 0.1) is 11.7 Å². The van der Waals surface area contributed by atoms with Crippen molar-refractivity contribution in [2.45, 2.75) is 44.8 Å². The molecular formula is C17H21FN2O3. The molecule has 1 saturated carbocycles. The van der Waals surface area contributed by atoms with Crippen molar-refractivity contribution in [2.24, 2.45) is 5.92 Å². The number of amides is 2. The summed E-state index contributed by atoms with van der Waals surface area (Å²) < 4.78 is 13.4. The van der Waals surface area contributed by atoms with Gasteiger partial charge in [-0.2, -0.15) is 0 Å². The Balaban J connectivity index is 1.82. The predicted octanol–water partition coefficient (Wildman–Crippen LogP) is 1.38. The third kappa shape index (κ3) is 3.37. The fraction of sp³-hybridized carbons (Fsp3) is 0.529. The van der Waals surface area contributed by atoms with Gasteiger partial charge < -0.3 is 15.3 Å². The summed E-state index contributed by atoms with van der Waals surface area (Å²) in [5.41, 5.74) is 1.44. The van der Waals surface area contributed by atoms with Gasteiger partial charge in [-0.15, -0.1) is 0 Å². The van der Waals surface area contributed by atoms with Gasteiger partial charge in [-0.3, -0.25) is 9.59 Å². The Morgan fingerprint density at radius 1 is 1.39 bits per heavy atom. The fourth-order valence-electron chi connectivity index (χ4n) is 2.97. The molecule has 6 heteroatoms. The minimum Gasteiger partial charge on any atom is -0.391 e. The van der Waals surface area contributed by atoms with Crippen LogP contribution in [0.4, 0.5) is 10.1 Å². The van der Waals surface area contributed by atoms with Gasteiger partial charge in [0.05, 0.1) is 6.10 Å². The number of anilines is 1. The highest BCUT2D eigenvalue weighted by Crippen LogP contribution is 2.30. The van der Waals surface area contributed by atoms with E-state index in [1.165, 1.54) is 19.1 Å². The van der Waals surface area contributed by atoms with Crippen LogP contribution < -0.4 is 10.2 Å². The Labute approximate surface area is 134 Å². The molecule has 124 valence electrons. The summed E-state index contributed by atoms with van der Waals surface area (Å²) in [6.45, 7) is 1.99. The Morgan fingerprint density at radius 3 is 2.78 bits per heavy atom. The second-order valence-corrected chi connectivity index (χ2v) is 6.37. The van der Waals surface area contributed by atoms with Gasteiger partial charge in [0.15, 0.2) is 0 Å². The SMILES string of the molecule is CC(O)C(NC(=O)C1CC1)C(=O)N1CCCc2cc(F)ccc21. The Hall–Kier alpha value is -1.95. The van der Waals surface area contributed by atoms with Crippen molar-refractivity contribution >= 4 is 17.5 Å². The molecule has 5 nitrogen and oxygen atoms in total. The molecule has 2 N–H and O–H groups in total. The first-order valence-electron chi connectivity index (χ1n) is 8.05. The number of aryl methyl sites for hydroxylation is 1. The molecule has 1 fully saturated rings. The Bertz CT molecular complexity index is 628. The van der Waals surface area contributed by atoms with E-state index in [9.17, 15) is 19.1 Å². The zero-order chi connectivity index (χ0) is 16.6. The zero-order valence-corrected chi connectivity index (χ0v) is 13.1. The molecule has 0 bridgehead atoms. The highest BCUT2D eigenvalue weighted by atomic mass is 19.1. The van der Waals surface area contributed by atoms with Crippen LogP contribution in [0.3, 0.4) is 0 Å². The van der Waals surface area contributed by atoms with Gasteiger partial charge in [0.2, 0.25) is 5.91 Å². The summed E-state index contributed by atoms with van der Waals surface area (Å²) in [6, 6.07) is 3.38. The zero-order valence-electron chi connectivity index (χ0n) is 13.1. The number of nitrogens with one attached hydrogen (secondary N) is 1. The van der Waals surface area contributed by atoms with Gasteiger partial charge in [0.25, 0.3) is 5.91 Å². The minimum absolute atomic E-state index is 0.0354. The van der Waals surface area contributed by atoms with Gasteiger partial charge in [0, 0.05) is 18.2 Å². The number of rotatable bonds is 4. The molecule has 1 aromatic rings. The normalized spacial score (nSPS) is 19.7. The lowest BCUT2D eigenvalue weighted by Crippen LogP contribution is -2.55. The van der Waals surface area contributed by atoms with E-state index in [2.05, 4.69) is 5.32 Å². The van der Waals surface area contributed by atoms with E-state index >= 15 is 0 Å². The third-order valence-corrected chi connectivity index (χ3v) is 4.42. The van der Waals surface area contributed by atoms with E-state index in [1.54, 1.807) is 11.0 Å². The molecule has 1 aliphatic carbocycles. The molecule has 0 aromatic heterocycles. The van der Waals surface area contributed by atoms with E-state index in [0.29, 0.717) is 18.7 Å². The van der Waals surface area contributed by atoms with E-state index in [0.717, 1.165) is 24.8 Å². The first-order valence-corrected chi connectivity index (χ1v) is 8.05. The van der Waals surface area contributed by atoms with Crippen LogP contribution in [0.15, 0.2) is 18.2 Å². The number of carbonyl (C=O) groups is 2. The van der Waals surface area contributed by atoms with Gasteiger partial charge in [-0.1, -0.05) is 0 Å². The van der Waals surface area contributed by atoms with Crippen molar-refractivity contribution in [3.63, 3.8) is 0 Å². The maximum absolute atomic E-state index is 13.4. The smallest absolute Gasteiger partial charge is 0.252 e. The lowest BCUT2D eigenvalue weighted by molar-refractivity contribution is -0.130. The van der Waals surface area contributed by atoms with Gasteiger partial charge in [0.1, 0.15) is 11.9 Å². The fourth-order valence-corrected chi connectivity index (χ4v) is 2.97. The summed E-state index contributed by atoms with van der Waals surface area (Å²) >= 11 is 0. The maximum Gasteiger partial charge on any atom is 0.252 e. The highest BCUT2D eigenvalue weighted by Gasteiger charge is 2.37. The average molecular weight is 320 g/mol. The van der Waals surface area contributed by atoms with Crippen molar-refractivity contribution in [3.05, 3.63) is 29.6 Å². The number of aliphatic hydroxyl groups is 1. The minimum atomic E-state index is -0.990. The lowest BCUT2D eigenvalue weighted by atomic mass is 10.00. The van der Waals surface area contributed by atoms with Gasteiger partial charge >= 0.3 is 0 Å². The van der Waals surface area contributed by atoms with Crippen LogP contribution in [0.25, 0.3) is 0 Å². The summed E-state index contributed by atoms with van der Waals surface area (Å²) in [5.74, 6) is -0.888. The molecule has 0 spiro atoms. The molecule has 1 heterocycles. The monoisotopic (exact) mass is 320 g/mol. The molecule has 1 aliphatic heterocycles. The second-order valence-electron chi connectivity index (χ2n) is 6.37. The number of halogens is 1. The second kappa shape index (κ2) is 6.28. The molecule has 0 radical (unpaired) electrons. The van der Waals surface area contributed by atoms with Crippen molar-refractivity contribution < 1.29 is 19.1 Å². The van der Waals surface area contributed by atoms with Crippen molar-refractivity contribution in [1.29, 1.82) is 0 Å². The predicted molar refractivity (Wildman–Crippen MR) is 83.4 cm³/mol. The molecule has 2 amide bonds. The summed E-state index contributed by atoms with van der Waals surface area (Å²) in [7, 11) is 0. The maximum atomic E-state index is 13.4. The molecule has 2 unspecified atom stereocenters.